The van der Waals surface area contributed by atoms with E-state index in [1.54, 1.807) is 9.58 Å². The molecule has 3 heterocycles. The van der Waals surface area contributed by atoms with Gasteiger partial charge in [0.2, 0.25) is 0 Å². The maximum absolute atomic E-state index is 14.0. The molecule has 0 saturated carbocycles. The van der Waals surface area contributed by atoms with E-state index in [0.717, 1.165) is 17.2 Å². The van der Waals surface area contributed by atoms with Crippen LogP contribution in [0.1, 0.15) is 21.7 Å². The summed E-state index contributed by atoms with van der Waals surface area (Å²) in [4.78, 5) is 16.3. The number of benzene rings is 1. The first-order valence-electron chi connectivity index (χ1n) is 9.29. The fourth-order valence-corrected chi connectivity index (χ4v) is 3.70. The number of rotatable bonds is 3. The number of amides is 1. The second kappa shape index (κ2) is 7.79. The zero-order chi connectivity index (χ0) is 20.5. The van der Waals surface area contributed by atoms with Crippen LogP contribution in [0.4, 0.5) is 10.2 Å². The molecule has 1 aliphatic heterocycles. The predicted molar refractivity (Wildman–Crippen MR) is 108 cm³/mol. The maximum atomic E-state index is 14.0. The van der Waals surface area contributed by atoms with Crippen molar-refractivity contribution >= 4 is 23.3 Å². The van der Waals surface area contributed by atoms with Crippen molar-refractivity contribution in [2.75, 3.05) is 31.1 Å². The van der Waals surface area contributed by atoms with Crippen molar-refractivity contribution in [3.05, 3.63) is 64.2 Å². The third kappa shape index (κ3) is 3.80. The van der Waals surface area contributed by atoms with Crippen LogP contribution in [0, 0.1) is 19.7 Å². The standard InChI is InChI=1S/C20H20ClFN6O/c1-13-12-14(2)28(25-13)18-7-6-17(23-24-18)26-8-10-27(11-9-26)20(29)19-15(21)4-3-5-16(19)22/h3-7,12H,8-11H2,1-2H3. The van der Waals surface area contributed by atoms with Crippen molar-refractivity contribution in [3.63, 3.8) is 0 Å². The van der Waals surface area contributed by atoms with Gasteiger partial charge in [0.1, 0.15) is 5.82 Å². The maximum Gasteiger partial charge on any atom is 0.258 e. The molecular weight excluding hydrogens is 395 g/mol. The molecule has 2 aromatic heterocycles. The Morgan fingerprint density at radius 3 is 2.31 bits per heavy atom. The molecule has 0 N–H and O–H groups in total. The molecule has 0 aliphatic carbocycles. The molecule has 29 heavy (non-hydrogen) atoms. The number of carbonyl (C=O) groups is 1. The highest BCUT2D eigenvalue weighted by Gasteiger charge is 2.26. The average Bonchev–Trinajstić information content (AvgIpc) is 3.06. The van der Waals surface area contributed by atoms with Crippen molar-refractivity contribution in [1.82, 2.24) is 24.9 Å². The molecule has 0 atom stereocenters. The zero-order valence-electron chi connectivity index (χ0n) is 16.1. The van der Waals surface area contributed by atoms with Gasteiger partial charge in [-0.15, -0.1) is 10.2 Å². The Labute approximate surface area is 172 Å². The number of nitrogens with zero attached hydrogens (tertiary/aromatic N) is 6. The number of hydrogen-bond donors (Lipinski definition) is 0. The second-order valence-corrected chi connectivity index (χ2v) is 7.37. The molecule has 0 bridgehead atoms. The molecule has 1 amide bonds. The van der Waals surface area contributed by atoms with Crippen molar-refractivity contribution < 1.29 is 9.18 Å². The van der Waals surface area contributed by atoms with Gasteiger partial charge in [-0.05, 0) is 44.2 Å². The summed E-state index contributed by atoms with van der Waals surface area (Å²) >= 11 is 6.02. The number of aromatic nitrogens is 4. The van der Waals surface area contributed by atoms with Gasteiger partial charge in [0.25, 0.3) is 5.91 Å². The van der Waals surface area contributed by atoms with Crippen LogP contribution in [0.15, 0.2) is 36.4 Å². The normalized spacial score (nSPS) is 14.3. The van der Waals surface area contributed by atoms with Crippen LogP contribution in [-0.4, -0.2) is 57.0 Å². The fraction of sp³-hybridized carbons (Fsp3) is 0.300. The highest BCUT2D eigenvalue weighted by atomic mass is 35.5. The van der Waals surface area contributed by atoms with Crippen LogP contribution < -0.4 is 4.90 Å². The summed E-state index contributed by atoms with van der Waals surface area (Å²) < 4.78 is 15.8. The monoisotopic (exact) mass is 414 g/mol. The number of aryl methyl sites for hydroxylation is 2. The van der Waals surface area contributed by atoms with Crippen LogP contribution in [0.5, 0.6) is 0 Å². The molecule has 7 nitrogen and oxygen atoms in total. The highest BCUT2D eigenvalue weighted by Crippen LogP contribution is 2.22. The number of piperazine rings is 1. The number of anilines is 1. The molecule has 1 fully saturated rings. The lowest BCUT2D eigenvalue weighted by atomic mass is 10.1. The van der Waals surface area contributed by atoms with E-state index < -0.39 is 11.7 Å². The summed E-state index contributed by atoms with van der Waals surface area (Å²) in [6, 6.07) is 10.0. The largest absolute Gasteiger partial charge is 0.352 e. The van der Waals surface area contributed by atoms with Gasteiger partial charge < -0.3 is 9.80 Å². The Hall–Kier alpha value is -3.00. The molecular formula is C20H20ClFN6O. The lowest BCUT2D eigenvalue weighted by Gasteiger charge is -2.35. The Bertz CT molecular complexity index is 1020. The van der Waals surface area contributed by atoms with Crippen LogP contribution >= 0.6 is 11.6 Å². The minimum atomic E-state index is -0.601. The number of halogens is 2. The second-order valence-electron chi connectivity index (χ2n) is 6.96. The summed E-state index contributed by atoms with van der Waals surface area (Å²) in [6.07, 6.45) is 0. The molecule has 0 unspecified atom stereocenters. The van der Waals surface area contributed by atoms with Gasteiger partial charge in [-0.1, -0.05) is 17.7 Å². The minimum Gasteiger partial charge on any atom is -0.352 e. The molecule has 1 aliphatic rings. The van der Waals surface area contributed by atoms with Gasteiger partial charge in [-0.3, -0.25) is 4.79 Å². The van der Waals surface area contributed by atoms with E-state index in [4.69, 9.17) is 11.6 Å². The Morgan fingerprint density at radius 2 is 1.72 bits per heavy atom. The van der Waals surface area contributed by atoms with E-state index in [-0.39, 0.29) is 10.6 Å². The Kier molecular flexibility index (Phi) is 5.19. The van der Waals surface area contributed by atoms with E-state index in [1.807, 2.05) is 36.9 Å². The van der Waals surface area contributed by atoms with E-state index in [9.17, 15) is 9.18 Å². The van der Waals surface area contributed by atoms with E-state index in [0.29, 0.717) is 32.0 Å². The molecule has 4 rings (SSSR count). The molecule has 3 aromatic rings. The average molecular weight is 415 g/mol. The minimum absolute atomic E-state index is 0.0725. The smallest absolute Gasteiger partial charge is 0.258 e. The van der Waals surface area contributed by atoms with Gasteiger partial charge in [0, 0.05) is 31.9 Å². The van der Waals surface area contributed by atoms with Gasteiger partial charge in [0.05, 0.1) is 16.3 Å². The van der Waals surface area contributed by atoms with Crippen LogP contribution in [0.3, 0.4) is 0 Å². The zero-order valence-corrected chi connectivity index (χ0v) is 16.9. The van der Waals surface area contributed by atoms with Gasteiger partial charge in [0.15, 0.2) is 11.6 Å². The summed E-state index contributed by atoms with van der Waals surface area (Å²) in [6.45, 7) is 5.94. The van der Waals surface area contributed by atoms with Gasteiger partial charge >= 0.3 is 0 Å². The fourth-order valence-electron chi connectivity index (χ4n) is 3.46. The lowest BCUT2D eigenvalue weighted by molar-refractivity contribution is 0.0742. The van der Waals surface area contributed by atoms with E-state index in [2.05, 4.69) is 15.3 Å². The van der Waals surface area contributed by atoms with Crippen molar-refractivity contribution in [2.45, 2.75) is 13.8 Å². The third-order valence-electron chi connectivity index (χ3n) is 4.93. The van der Waals surface area contributed by atoms with Crippen molar-refractivity contribution in [3.8, 4) is 5.82 Å². The molecule has 0 radical (unpaired) electrons. The van der Waals surface area contributed by atoms with Crippen LogP contribution in [-0.2, 0) is 0 Å². The Morgan fingerprint density at radius 1 is 1.03 bits per heavy atom. The van der Waals surface area contributed by atoms with Crippen LogP contribution in [0.2, 0.25) is 5.02 Å². The first kappa shape index (κ1) is 19.3. The van der Waals surface area contributed by atoms with Gasteiger partial charge in [-0.25, -0.2) is 9.07 Å². The molecule has 1 saturated heterocycles. The molecule has 1 aromatic carbocycles. The molecule has 9 heteroatoms. The third-order valence-corrected chi connectivity index (χ3v) is 5.25. The summed E-state index contributed by atoms with van der Waals surface area (Å²) in [7, 11) is 0. The van der Waals surface area contributed by atoms with E-state index in [1.165, 1.54) is 18.2 Å². The van der Waals surface area contributed by atoms with Crippen molar-refractivity contribution in [2.24, 2.45) is 0 Å². The number of hydrogen-bond acceptors (Lipinski definition) is 5. The predicted octanol–water partition coefficient (Wildman–Crippen LogP) is 3.03. The number of carbonyl (C=O) groups excluding carboxylic acids is 1. The van der Waals surface area contributed by atoms with Crippen LogP contribution in [0.25, 0.3) is 5.82 Å². The topological polar surface area (TPSA) is 67.2 Å². The summed E-state index contributed by atoms with van der Waals surface area (Å²) in [5, 5.41) is 13.1. The quantitative estimate of drug-likeness (QED) is 0.659. The highest BCUT2D eigenvalue weighted by molar-refractivity contribution is 6.33. The first-order valence-corrected chi connectivity index (χ1v) is 9.67. The van der Waals surface area contributed by atoms with Crippen molar-refractivity contribution in [1.29, 1.82) is 0 Å². The van der Waals surface area contributed by atoms with E-state index >= 15 is 0 Å². The SMILES string of the molecule is Cc1cc(C)n(-c2ccc(N3CCN(C(=O)c4c(F)cccc4Cl)CC3)nn2)n1. The first-order chi connectivity index (χ1) is 13.9. The molecule has 0 spiro atoms. The summed E-state index contributed by atoms with van der Waals surface area (Å²) in [5.41, 5.74) is 1.84. The summed E-state index contributed by atoms with van der Waals surface area (Å²) in [5.74, 6) is 0.392. The lowest BCUT2D eigenvalue weighted by Crippen LogP contribution is -2.49. The molecule has 150 valence electrons. The Balaban J connectivity index is 1.43. The van der Waals surface area contributed by atoms with Gasteiger partial charge in [-0.2, -0.15) is 5.10 Å².